The molecule has 0 radical (unpaired) electrons. The topological polar surface area (TPSA) is 23.6 Å². The van der Waals surface area contributed by atoms with Crippen LogP contribution in [0.25, 0.3) is 0 Å². The molecule has 0 N–H and O–H groups in total. The summed E-state index contributed by atoms with van der Waals surface area (Å²) in [5, 5.41) is 0. The van der Waals surface area contributed by atoms with Crippen LogP contribution in [0.5, 0.6) is 0 Å². The van der Waals surface area contributed by atoms with Crippen LogP contribution in [0.3, 0.4) is 0 Å². The Labute approximate surface area is 121 Å². The molecule has 3 nitrogen and oxygen atoms in total. The van der Waals surface area contributed by atoms with Gasteiger partial charge in [0, 0.05) is 18.7 Å². The van der Waals surface area contributed by atoms with Crippen LogP contribution in [-0.4, -0.2) is 42.4 Å². The Morgan fingerprint density at radius 1 is 1.40 bits per heavy atom. The van der Waals surface area contributed by atoms with Crippen LogP contribution in [0.15, 0.2) is 36.4 Å². The largest absolute Gasteiger partial charge is 0.328 e. The van der Waals surface area contributed by atoms with Crippen molar-refractivity contribution in [3.05, 3.63) is 47.5 Å². The first-order valence-corrected chi connectivity index (χ1v) is 7.20. The van der Waals surface area contributed by atoms with Crippen LogP contribution in [0, 0.1) is 5.92 Å². The standard InChI is InChI=1S/C17H24N2O/c1-13(2)16-9-6-10-19(16)17(20)15-8-5-7-14(11-15)12-18(3)4/h5-9,11,13,16H,10,12H2,1-4H3/t16-/m0/s1. The van der Waals surface area contributed by atoms with E-state index in [0.29, 0.717) is 5.92 Å². The van der Waals surface area contributed by atoms with E-state index in [1.54, 1.807) is 0 Å². The molecule has 1 aliphatic rings. The van der Waals surface area contributed by atoms with Crippen LogP contribution >= 0.6 is 0 Å². The lowest BCUT2D eigenvalue weighted by Crippen LogP contribution is -2.39. The van der Waals surface area contributed by atoms with Gasteiger partial charge in [-0.25, -0.2) is 0 Å². The first-order valence-electron chi connectivity index (χ1n) is 7.20. The number of carbonyl (C=O) groups excluding carboxylic acids is 1. The van der Waals surface area contributed by atoms with Crippen molar-refractivity contribution in [1.82, 2.24) is 9.80 Å². The van der Waals surface area contributed by atoms with Gasteiger partial charge in [0.05, 0.1) is 6.04 Å². The zero-order valence-electron chi connectivity index (χ0n) is 12.8. The summed E-state index contributed by atoms with van der Waals surface area (Å²) in [6, 6.07) is 8.19. The minimum atomic E-state index is 0.134. The Morgan fingerprint density at radius 3 is 2.80 bits per heavy atom. The van der Waals surface area contributed by atoms with Crippen LogP contribution in [0.4, 0.5) is 0 Å². The van der Waals surface area contributed by atoms with Gasteiger partial charge in [-0.1, -0.05) is 38.1 Å². The van der Waals surface area contributed by atoms with Crippen molar-refractivity contribution < 1.29 is 4.79 Å². The maximum absolute atomic E-state index is 12.7. The molecule has 1 aliphatic heterocycles. The molecule has 1 atom stereocenters. The predicted molar refractivity (Wildman–Crippen MR) is 82.6 cm³/mol. The molecule has 0 aromatic heterocycles. The zero-order chi connectivity index (χ0) is 14.7. The number of hydrogen-bond donors (Lipinski definition) is 0. The van der Waals surface area contributed by atoms with E-state index in [0.717, 1.165) is 18.7 Å². The molecule has 20 heavy (non-hydrogen) atoms. The Balaban J connectivity index is 2.17. The Kier molecular flexibility index (Phi) is 4.61. The summed E-state index contributed by atoms with van der Waals surface area (Å²) in [5.41, 5.74) is 1.97. The van der Waals surface area contributed by atoms with Crippen molar-refractivity contribution >= 4 is 5.91 Å². The Hall–Kier alpha value is -1.61. The van der Waals surface area contributed by atoms with Gasteiger partial charge in [-0.05, 0) is 37.7 Å². The Bertz CT molecular complexity index is 505. The van der Waals surface area contributed by atoms with E-state index < -0.39 is 0 Å². The van der Waals surface area contributed by atoms with Gasteiger partial charge in [0.2, 0.25) is 0 Å². The monoisotopic (exact) mass is 272 g/mol. The number of carbonyl (C=O) groups is 1. The smallest absolute Gasteiger partial charge is 0.254 e. The number of rotatable bonds is 4. The van der Waals surface area contributed by atoms with E-state index in [2.05, 4.69) is 37.0 Å². The van der Waals surface area contributed by atoms with Crippen molar-refractivity contribution in [2.45, 2.75) is 26.4 Å². The molecule has 0 unspecified atom stereocenters. The third-order valence-corrected chi connectivity index (χ3v) is 3.61. The molecule has 1 heterocycles. The highest BCUT2D eigenvalue weighted by molar-refractivity contribution is 5.95. The fourth-order valence-electron chi connectivity index (χ4n) is 2.67. The molecular formula is C17H24N2O. The lowest BCUT2D eigenvalue weighted by Gasteiger charge is -2.27. The molecule has 3 heteroatoms. The van der Waals surface area contributed by atoms with Crippen molar-refractivity contribution in [2.75, 3.05) is 20.6 Å². The second kappa shape index (κ2) is 6.23. The van der Waals surface area contributed by atoms with Crippen LogP contribution in [-0.2, 0) is 6.54 Å². The van der Waals surface area contributed by atoms with Gasteiger partial charge < -0.3 is 9.80 Å². The summed E-state index contributed by atoms with van der Waals surface area (Å²) in [6.45, 7) is 5.89. The maximum atomic E-state index is 12.7. The predicted octanol–water partition coefficient (Wildman–Crippen LogP) is 2.78. The lowest BCUT2D eigenvalue weighted by molar-refractivity contribution is 0.0720. The van der Waals surface area contributed by atoms with E-state index in [9.17, 15) is 4.79 Å². The third kappa shape index (κ3) is 3.28. The third-order valence-electron chi connectivity index (χ3n) is 3.61. The molecule has 0 spiro atoms. The molecule has 1 amide bonds. The average molecular weight is 272 g/mol. The van der Waals surface area contributed by atoms with Crippen molar-refractivity contribution in [2.24, 2.45) is 5.92 Å². The summed E-state index contributed by atoms with van der Waals surface area (Å²) in [4.78, 5) is 16.7. The van der Waals surface area contributed by atoms with Gasteiger partial charge in [0.15, 0.2) is 0 Å². The molecule has 0 aliphatic carbocycles. The molecule has 0 fully saturated rings. The van der Waals surface area contributed by atoms with Gasteiger partial charge >= 0.3 is 0 Å². The van der Waals surface area contributed by atoms with Crippen molar-refractivity contribution in [1.29, 1.82) is 0 Å². The average Bonchev–Trinajstić information content (AvgIpc) is 2.86. The van der Waals surface area contributed by atoms with Gasteiger partial charge in [-0.3, -0.25) is 4.79 Å². The lowest BCUT2D eigenvalue weighted by atomic mass is 10.0. The van der Waals surface area contributed by atoms with E-state index >= 15 is 0 Å². The van der Waals surface area contributed by atoms with E-state index in [1.807, 2.05) is 37.2 Å². The first-order chi connectivity index (χ1) is 9.49. The summed E-state index contributed by atoms with van der Waals surface area (Å²) >= 11 is 0. The maximum Gasteiger partial charge on any atom is 0.254 e. The van der Waals surface area contributed by atoms with Gasteiger partial charge in [0.1, 0.15) is 0 Å². The first kappa shape index (κ1) is 14.8. The molecule has 0 bridgehead atoms. The van der Waals surface area contributed by atoms with Gasteiger partial charge in [0.25, 0.3) is 5.91 Å². The van der Waals surface area contributed by atoms with Crippen molar-refractivity contribution in [3.63, 3.8) is 0 Å². The number of benzene rings is 1. The normalized spacial score (nSPS) is 18.3. The molecule has 108 valence electrons. The second-order valence-corrected chi connectivity index (χ2v) is 6.06. The Morgan fingerprint density at radius 2 is 2.15 bits per heavy atom. The zero-order valence-corrected chi connectivity index (χ0v) is 12.8. The summed E-state index contributed by atoms with van der Waals surface area (Å²) in [7, 11) is 4.07. The van der Waals surface area contributed by atoms with Gasteiger partial charge in [-0.2, -0.15) is 0 Å². The van der Waals surface area contributed by atoms with Crippen molar-refractivity contribution in [3.8, 4) is 0 Å². The molecule has 1 aromatic rings. The van der Waals surface area contributed by atoms with E-state index in [1.165, 1.54) is 5.56 Å². The van der Waals surface area contributed by atoms with Gasteiger partial charge in [-0.15, -0.1) is 0 Å². The van der Waals surface area contributed by atoms with E-state index in [-0.39, 0.29) is 11.9 Å². The molecule has 2 rings (SSSR count). The number of nitrogens with zero attached hydrogens (tertiary/aromatic N) is 2. The summed E-state index contributed by atoms with van der Waals surface area (Å²) < 4.78 is 0. The van der Waals surface area contributed by atoms with Crippen LogP contribution < -0.4 is 0 Å². The van der Waals surface area contributed by atoms with Crippen LogP contribution in [0.1, 0.15) is 29.8 Å². The fourth-order valence-corrected chi connectivity index (χ4v) is 2.67. The minimum Gasteiger partial charge on any atom is -0.328 e. The second-order valence-electron chi connectivity index (χ2n) is 6.06. The quantitative estimate of drug-likeness (QED) is 0.787. The highest BCUT2D eigenvalue weighted by Gasteiger charge is 2.27. The SMILES string of the molecule is CC(C)[C@@H]1C=CCN1C(=O)c1cccc(CN(C)C)c1. The molecule has 1 aromatic carbocycles. The fraction of sp³-hybridized carbons (Fsp3) is 0.471. The molecule has 0 saturated heterocycles. The highest BCUT2D eigenvalue weighted by atomic mass is 16.2. The minimum absolute atomic E-state index is 0.134. The molecule has 0 saturated carbocycles. The highest BCUT2D eigenvalue weighted by Crippen LogP contribution is 2.21. The summed E-state index contributed by atoms with van der Waals surface area (Å²) in [5.74, 6) is 0.581. The number of amides is 1. The number of hydrogen-bond acceptors (Lipinski definition) is 2. The molecular weight excluding hydrogens is 248 g/mol. The van der Waals surface area contributed by atoms with E-state index in [4.69, 9.17) is 0 Å². The summed E-state index contributed by atoms with van der Waals surface area (Å²) in [6.07, 6.45) is 4.23. The van der Waals surface area contributed by atoms with Crippen LogP contribution in [0.2, 0.25) is 0 Å².